The quantitative estimate of drug-likeness (QED) is 0.908. The first-order valence-electron chi connectivity index (χ1n) is 8.17. The summed E-state index contributed by atoms with van der Waals surface area (Å²) in [5.74, 6) is 1.35. The molecule has 1 aromatic heterocycles. The predicted molar refractivity (Wildman–Crippen MR) is 86.1 cm³/mol. The molecule has 1 aromatic carbocycles. The molecule has 2 aliphatic carbocycles. The molecule has 4 rings (SSSR count). The van der Waals surface area contributed by atoms with E-state index in [-0.39, 0.29) is 11.8 Å². The van der Waals surface area contributed by atoms with Crippen molar-refractivity contribution in [3.8, 4) is 0 Å². The molecule has 0 spiro atoms. The molecule has 0 aliphatic heterocycles. The summed E-state index contributed by atoms with van der Waals surface area (Å²) in [5, 5.41) is 10.5. The Balaban J connectivity index is 1.56. The van der Waals surface area contributed by atoms with Crippen LogP contribution in [0.25, 0.3) is 0 Å². The molecule has 1 amide bonds. The number of carbonyl (C=O) groups excluding carboxylic acids is 1. The second kappa shape index (κ2) is 5.27. The summed E-state index contributed by atoms with van der Waals surface area (Å²) in [7, 11) is 0. The van der Waals surface area contributed by atoms with E-state index in [0.29, 0.717) is 11.7 Å². The Morgan fingerprint density at radius 2 is 2.09 bits per heavy atom. The Labute approximate surface area is 130 Å². The van der Waals surface area contributed by atoms with Crippen LogP contribution in [-0.4, -0.2) is 16.1 Å². The normalized spacial score (nSPS) is 20.5. The third-order valence-electron chi connectivity index (χ3n) is 4.96. The van der Waals surface area contributed by atoms with Gasteiger partial charge in [-0.3, -0.25) is 9.89 Å². The van der Waals surface area contributed by atoms with Gasteiger partial charge in [-0.15, -0.1) is 0 Å². The third-order valence-corrected chi connectivity index (χ3v) is 4.96. The Kier molecular flexibility index (Phi) is 3.25. The number of hydrogen-bond acceptors (Lipinski definition) is 2. The Bertz CT molecular complexity index is 715. The van der Waals surface area contributed by atoms with Crippen molar-refractivity contribution >= 4 is 11.7 Å². The molecule has 1 fully saturated rings. The van der Waals surface area contributed by atoms with Gasteiger partial charge in [-0.05, 0) is 50.2 Å². The Morgan fingerprint density at radius 3 is 2.91 bits per heavy atom. The molecule has 2 aliphatic rings. The van der Waals surface area contributed by atoms with Gasteiger partial charge in [0.2, 0.25) is 5.91 Å². The van der Waals surface area contributed by atoms with Crippen LogP contribution in [0, 0.1) is 6.92 Å². The molecule has 0 bridgehead atoms. The molecule has 2 aromatic rings. The van der Waals surface area contributed by atoms with Crippen LogP contribution in [-0.2, 0) is 11.2 Å². The van der Waals surface area contributed by atoms with Crippen molar-refractivity contribution in [2.75, 3.05) is 5.32 Å². The van der Waals surface area contributed by atoms with Crippen LogP contribution in [0.4, 0.5) is 5.82 Å². The van der Waals surface area contributed by atoms with E-state index in [4.69, 9.17) is 0 Å². The third kappa shape index (κ3) is 2.32. The van der Waals surface area contributed by atoms with E-state index in [2.05, 4.69) is 33.7 Å². The molecular weight excluding hydrogens is 274 g/mol. The van der Waals surface area contributed by atoms with Crippen molar-refractivity contribution in [3.63, 3.8) is 0 Å². The van der Waals surface area contributed by atoms with Gasteiger partial charge < -0.3 is 5.32 Å². The number of nitrogens with zero attached hydrogens (tertiary/aromatic N) is 1. The monoisotopic (exact) mass is 295 g/mol. The van der Waals surface area contributed by atoms with Crippen molar-refractivity contribution < 1.29 is 4.79 Å². The zero-order valence-corrected chi connectivity index (χ0v) is 12.9. The minimum absolute atomic E-state index is 0.0505. The van der Waals surface area contributed by atoms with Crippen molar-refractivity contribution in [1.29, 1.82) is 0 Å². The summed E-state index contributed by atoms with van der Waals surface area (Å²) in [5.41, 5.74) is 4.78. The van der Waals surface area contributed by atoms with Crippen molar-refractivity contribution in [1.82, 2.24) is 10.2 Å². The van der Waals surface area contributed by atoms with Gasteiger partial charge in [0, 0.05) is 17.2 Å². The highest BCUT2D eigenvalue weighted by molar-refractivity contribution is 5.96. The molecule has 4 heteroatoms. The number of aromatic nitrogens is 2. The second-order valence-corrected chi connectivity index (χ2v) is 6.52. The van der Waals surface area contributed by atoms with Gasteiger partial charge in [0.1, 0.15) is 0 Å². The smallest absolute Gasteiger partial charge is 0.233 e. The van der Waals surface area contributed by atoms with Gasteiger partial charge >= 0.3 is 0 Å². The molecule has 0 radical (unpaired) electrons. The molecule has 22 heavy (non-hydrogen) atoms. The van der Waals surface area contributed by atoms with E-state index in [9.17, 15) is 4.79 Å². The van der Waals surface area contributed by atoms with Crippen molar-refractivity contribution in [3.05, 3.63) is 46.6 Å². The van der Waals surface area contributed by atoms with Gasteiger partial charge in [-0.1, -0.05) is 24.3 Å². The number of amides is 1. The Hall–Kier alpha value is -2.10. The highest BCUT2D eigenvalue weighted by Gasteiger charge is 2.30. The minimum atomic E-state index is -0.0505. The van der Waals surface area contributed by atoms with Crippen LogP contribution in [0.5, 0.6) is 0 Å². The van der Waals surface area contributed by atoms with E-state index >= 15 is 0 Å². The number of carbonyl (C=O) groups is 1. The number of hydrogen-bond donors (Lipinski definition) is 2. The van der Waals surface area contributed by atoms with Crippen molar-refractivity contribution in [2.24, 2.45) is 0 Å². The average Bonchev–Trinajstić information content (AvgIpc) is 3.32. The maximum atomic E-state index is 12.7. The summed E-state index contributed by atoms with van der Waals surface area (Å²) in [6.07, 6.45) is 5.52. The van der Waals surface area contributed by atoms with E-state index in [0.717, 1.165) is 24.8 Å². The van der Waals surface area contributed by atoms with Crippen LogP contribution in [0.2, 0.25) is 0 Å². The van der Waals surface area contributed by atoms with Crippen LogP contribution < -0.4 is 5.32 Å². The Morgan fingerprint density at radius 1 is 1.27 bits per heavy atom. The van der Waals surface area contributed by atoms with Gasteiger partial charge in [0.05, 0.1) is 5.92 Å². The maximum absolute atomic E-state index is 12.7. The molecular formula is C18H21N3O. The van der Waals surface area contributed by atoms with Crippen LogP contribution >= 0.6 is 0 Å². The number of benzene rings is 1. The predicted octanol–water partition coefficient (Wildman–Crippen LogP) is 3.65. The highest BCUT2D eigenvalue weighted by atomic mass is 16.2. The van der Waals surface area contributed by atoms with Gasteiger partial charge in [0.25, 0.3) is 0 Å². The molecule has 2 N–H and O–H groups in total. The van der Waals surface area contributed by atoms with Crippen molar-refractivity contribution in [2.45, 2.75) is 50.9 Å². The SMILES string of the molecule is Cc1c(NC(=O)[C@@H]2CCCc3ccccc32)n[nH]c1C1CC1. The number of anilines is 1. The lowest BCUT2D eigenvalue weighted by atomic mass is 9.82. The molecule has 1 heterocycles. The minimum Gasteiger partial charge on any atom is -0.308 e. The van der Waals surface area contributed by atoms with Gasteiger partial charge in [0.15, 0.2) is 5.82 Å². The molecule has 0 saturated heterocycles. The largest absolute Gasteiger partial charge is 0.308 e. The molecule has 114 valence electrons. The number of nitrogens with one attached hydrogen (secondary N) is 2. The lowest BCUT2D eigenvalue weighted by Crippen LogP contribution is -2.25. The molecule has 1 atom stereocenters. The van der Waals surface area contributed by atoms with E-state index in [1.807, 2.05) is 13.0 Å². The van der Waals surface area contributed by atoms with E-state index in [1.54, 1.807) is 0 Å². The molecule has 0 unspecified atom stereocenters. The first kappa shape index (κ1) is 13.6. The second-order valence-electron chi connectivity index (χ2n) is 6.52. The van der Waals surface area contributed by atoms with Crippen LogP contribution in [0.1, 0.15) is 59.9 Å². The molecule has 4 nitrogen and oxygen atoms in total. The number of fused-ring (bicyclic) bond motifs is 1. The topological polar surface area (TPSA) is 57.8 Å². The fourth-order valence-corrected chi connectivity index (χ4v) is 3.53. The fourth-order valence-electron chi connectivity index (χ4n) is 3.53. The van der Waals surface area contributed by atoms with Gasteiger partial charge in [-0.2, -0.15) is 5.10 Å². The maximum Gasteiger partial charge on any atom is 0.233 e. The lowest BCUT2D eigenvalue weighted by molar-refractivity contribution is -0.117. The standard InChI is InChI=1S/C18H21N3O/c1-11-16(13-9-10-13)20-21-17(11)19-18(22)15-8-4-6-12-5-2-3-7-14(12)15/h2-3,5,7,13,15H,4,6,8-10H2,1H3,(H2,19,20,21,22)/t15-/m1/s1. The highest BCUT2D eigenvalue weighted by Crippen LogP contribution is 2.42. The number of H-pyrrole nitrogens is 1. The number of rotatable bonds is 3. The van der Waals surface area contributed by atoms with Crippen LogP contribution in [0.15, 0.2) is 24.3 Å². The zero-order valence-electron chi connectivity index (χ0n) is 12.9. The first-order chi connectivity index (χ1) is 10.7. The summed E-state index contributed by atoms with van der Waals surface area (Å²) < 4.78 is 0. The summed E-state index contributed by atoms with van der Waals surface area (Å²) in [6.45, 7) is 2.04. The number of aromatic amines is 1. The van der Waals surface area contributed by atoms with E-state index in [1.165, 1.54) is 29.7 Å². The summed E-state index contributed by atoms with van der Waals surface area (Å²) in [4.78, 5) is 12.7. The van der Waals surface area contributed by atoms with Gasteiger partial charge in [-0.25, -0.2) is 0 Å². The summed E-state index contributed by atoms with van der Waals surface area (Å²) in [6, 6.07) is 8.31. The van der Waals surface area contributed by atoms with Crippen LogP contribution in [0.3, 0.4) is 0 Å². The lowest BCUT2D eigenvalue weighted by Gasteiger charge is -2.24. The number of aryl methyl sites for hydroxylation is 1. The summed E-state index contributed by atoms with van der Waals surface area (Å²) >= 11 is 0. The zero-order chi connectivity index (χ0) is 15.1. The van der Waals surface area contributed by atoms with E-state index < -0.39 is 0 Å². The fraction of sp³-hybridized carbons (Fsp3) is 0.444. The molecule has 1 saturated carbocycles. The average molecular weight is 295 g/mol. The first-order valence-corrected chi connectivity index (χ1v) is 8.17.